The van der Waals surface area contributed by atoms with Crippen LogP contribution in [0.15, 0.2) is 29.4 Å². The minimum atomic E-state index is -1.02. The van der Waals surface area contributed by atoms with Crippen LogP contribution in [0.2, 0.25) is 0 Å². The van der Waals surface area contributed by atoms with Gasteiger partial charge in [-0.1, -0.05) is 44.2 Å². The third-order valence-electron chi connectivity index (χ3n) is 8.52. The van der Waals surface area contributed by atoms with E-state index in [1.54, 1.807) is 23.3 Å². The summed E-state index contributed by atoms with van der Waals surface area (Å²) in [6, 6.07) is 1.73. The quantitative estimate of drug-likeness (QED) is 0.185. The van der Waals surface area contributed by atoms with E-state index in [1.807, 2.05) is 24.7 Å². The highest BCUT2D eigenvalue weighted by Crippen LogP contribution is 2.43. The van der Waals surface area contributed by atoms with E-state index in [9.17, 15) is 9.59 Å². The predicted molar refractivity (Wildman–Crippen MR) is 161 cm³/mol. The molecule has 4 aromatic heterocycles. The second-order valence-corrected chi connectivity index (χ2v) is 11.6. The molecule has 240 valence electrons. The lowest BCUT2D eigenvalue weighted by molar-refractivity contribution is -0.151. The summed E-state index contributed by atoms with van der Waals surface area (Å²) in [6.07, 6.45) is 10.2. The first kappa shape index (κ1) is 30.5. The zero-order valence-corrected chi connectivity index (χ0v) is 25.5. The van der Waals surface area contributed by atoms with Gasteiger partial charge in [0, 0.05) is 38.8 Å². The van der Waals surface area contributed by atoms with Crippen molar-refractivity contribution < 1.29 is 28.3 Å². The summed E-state index contributed by atoms with van der Waals surface area (Å²) in [6.45, 7) is 3.85. The van der Waals surface area contributed by atoms with Gasteiger partial charge in [-0.25, -0.2) is 9.97 Å². The van der Waals surface area contributed by atoms with E-state index in [-0.39, 0.29) is 0 Å². The number of nitrogens with zero attached hydrogens (tertiary/aromatic N) is 7. The average molecular weight is 622 g/mol. The third kappa shape index (κ3) is 6.77. The molecule has 4 atom stereocenters. The molecule has 45 heavy (non-hydrogen) atoms. The van der Waals surface area contributed by atoms with Gasteiger partial charge >= 0.3 is 0 Å². The van der Waals surface area contributed by atoms with Crippen LogP contribution in [0.25, 0.3) is 11.2 Å². The van der Waals surface area contributed by atoms with Crippen LogP contribution in [0.4, 0.5) is 11.8 Å². The molecule has 1 saturated carbocycles. The van der Waals surface area contributed by atoms with E-state index >= 15 is 0 Å². The Bertz CT molecular complexity index is 1580. The van der Waals surface area contributed by atoms with Crippen molar-refractivity contribution in [1.29, 1.82) is 0 Å². The van der Waals surface area contributed by atoms with Gasteiger partial charge in [0.25, 0.3) is 12.9 Å². The van der Waals surface area contributed by atoms with Crippen molar-refractivity contribution in [3.8, 4) is 0 Å². The molecular formula is C30H39N9O6. The lowest BCUT2D eigenvalue weighted by Crippen LogP contribution is -2.34. The van der Waals surface area contributed by atoms with E-state index < -0.39 is 24.5 Å². The van der Waals surface area contributed by atoms with Gasteiger partial charge in [-0.15, -0.1) is 0 Å². The number of fused-ring (bicyclic) bond motifs is 1. The van der Waals surface area contributed by atoms with Gasteiger partial charge in [0.15, 0.2) is 47.3 Å². The summed E-state index contributed by atoms with van der Waals surface area (Å²) in [7, 11) is 1.93. The largest absolute Gasteiger partial charge is 0.457 e. The number of hydrogen-bond acceptors (Lipinski definition) is 13. The first-order chi connectivity index (χ1) is 22.1. The minimum absolute atomic E-state index is 0.299. The van der Waals surface area contributed by atoms with Crippen molar-refractivity contribution in [2.24, 2.45) is 13.0 Å². The van der Waals surface area contributed by atoms with E-state index in [1.165, 1.54) is 32.1 Å². The Hall–Kier alpha value is -4.53. The molecule has 15 nitrogen and oxygen atoms in total. The van der Waals surface area contributed by atoms with Gasteiger partial charge in [-0.2, -0.15) is 9.97 Å². The molecule has 0 bridgehead atoms. The summed E-state index contributed by atoms with van der Waals surface area (Å²) < 4.78 is 26.3. The Morgan fingerprint density at radius 1 is 1.00 bits per heavy atom. The number of nitrogens with one attached hydrogen (secondary N) is 2. The first-order valence-corrected chi connectivity index (χ1v) is 15.6. The fourth-order valence-electron chi connectivity index (χ4n) is 6.22. The van der Waals surface area contributed by atoms with Crippen LogP contribution < -0.4 is 10.6 Å². The Kier molecular flexibility index (Phi) is 9.52. The van der Waals surface area contributed by atoms with Crippen molar-refractivity contribution in [2.45, 2.75) is 82.8 Å². The molecule has 1 aliphatic heterocycles. The molecule has 4 aromatic rings. The van der Waals surface area contributed by atoms with E-state index in [0.717, 1.165) is 18.7 Å². The molecule has 0 amide bonds. The van der Waals surface area contributed by atoms with Crippen LogP contribution in [0.1, 0.15) is 74.9 Å². The van der Waals surface area contributed by atoms with Crippen LogP contribution in [0.5, 0.6) is 0 Å². The zero-order chi connectivity index (χ0) is 31.2. The molecule has 6 rings (SSSR count). The Morgan fingerprint density at radius 2 is 1.82 bits per heavy atom. The standard InChI is InChI=1S/C30H39N9O6/c1-3-20-13-22(45-37-20)24-25(42-17-40)26(43-18-41)29(44-24)39-16-34-23-27(31-11-9-19-7-5-4-6-8-19)35-30(36-28(23)39)32-12-10-21-14-38(2)15-33-21/h13-19,24-26,29H,3-12H2,1-2H3,(H2,31,32,35,36)/t24-,25+,26-,29-/m1/s1. The maximum absolute atomic E-state index is 11.6. The van der Waals surface area contributed by atoms with Crippen LogP contribution >= 0.6 is 0 Å². The SMILES string of the molecule is CCc1cc([C@H]2O[C@@H](n3cnc4c(NCCC5CCCCC5)nc(NCCc5cn(C)cn5)nc43)[C@H](OC=O)[C@H]2OC=O)on1. The van der Waals surface area contributed by atoms with Gasteiger partial charge in [0.05, 0.1) is 24.0 Å². The summed E-state index contributed by atoms with van der Waals surface area (Å²) in [4.78, 5) is 41.8. The number of rotatable bonds is 15. The van der Waals surface area contributed by atoms with Crippen LogP contribution in [-0.2, 0) is 43.7 Å². The van der Waals surface area contributed by atoms with Crippen LogP contribution in [0.3, 0.4) is 0 Å². The highest BCUT2D eigenvalue weighted by molar-refractivity contribution is 5.84. The third-order valence-corrected chi connectivity index (χ3v) is 8.52. The number of hydrogen-bond donors (Lipinski definition) is 2. The minimum Gasteiger partial charge on any atom is -0.457 e. The predicted octanol–water partition coefficient (Wildman–Crippen LogP) is 3.50. The topological polar surface area (TPSA) is 173 Å². The fourth-order valence-corrected chi connectivity index (χ4v) is 6.22. The molecule has 0 radical (unpaired) electrons. The van der Waals surface area contributed by atoms with Gasteiger partial charge in [0.1, 0.15) is 0 Å². The highest BCUT2D eigenvalue weighted by atomic mass is 16.6. The molecule has 0 spiro atoms. The number of aryl methyl sites for hydroxylation is 2. The maximum atomic E-state index is 11.6. The molecule has 5 heterocycles. The van der Waals surface area contributed by atoms with E-state index in [4.69, 9.17) is 28.7 Å². The normalized spacial score (nSPS) is 22.0. The van der Waals surface area contributed by atoms with Gasteiger partial charge in [-0.05, 0) is 18.8 Å². The Balaban J connectivity index is 1.31. The molecule has 2 aliphatic rings. The molecule has 0 aromatic carbocycles. The molecule has 1 saturated heterocycles. The van der Waals surface area contributed by atoms with Gasteiger partial charge in [-0.3, -0.25) is 14.2 Å². The molecular weight excluding hydrogens is 582 g/mol. The first-order valence-electron chi connectivity index (χ1n) is 15.6. The van der Waals surface area contributed by atoms with Crippen molar-refractivity contribution in [2.75, 3.05) is 23.7 Å². The van der Waals surface area contributed by atoms with Crippen molar-refractivity contribution in [3.05, 3.63) is 42.1 Å². The van der Waals surface area contributed by atoms with Gasteiger partial charge < -0.3 is 33.9 Å². The van der Waals surface area contributed by atoms with Crippen molar-refractivity contribution in [1.82, 2.24) is 34.2 Å². The van der Waals surface area contributed by atoms with E-state index in [2.05, 4.69) is 25.8 Å². The molecule has 1 aliphatic carbocycles. The lowest BCUT2D eigenvalue weighted by Gasteiger charge is -2.22. The molecule has 2 fully saturated rings. The van der Waals surface area contributed by atoms with E-state index in [0.29, 0.717) is 72.6 Å². The van der Waals surface area contributed by atoms with Crippen molar-refractivity contribution in [3.63, 3.8) is 0 Å². The zero-order valence-electron chi connectivity index (χ0n) is 25.5. The molecule has 0 unspecified atom stereocenters. The fraction of sp³-hybridized carbons (Fsp3) is 0.567. The van der Waals surface area contributed by atoms with Crippen molar-refractivity contribution >= 4 is 35.9 Å². The number of ether oxygens (including phenoxy) is 3. The van der Waals surface area contributed by atoms with Crippen LogP contribution in [0, 0.1) is 5.92 Å². The second kappa shape index (κ2) is 14.1. The molecule has 2 N–H and O–H groups in total. The highest BCUT2D eigenvalue weighted by Gasteiger charge is 2.51. The lowest BCUT2D eigenvalue weighted by atomic mass is 9.87. The van der Waals surface area contributed by atoms with Crippen LogP contribution in [-0.4, -0.2) is 72.5 Å². The summed E-state index contributed by atoms with van der Waals surface area (Å²) in [5, 5.41) is 10.9. The molecule has 15 heteroatoms. The monoisotopic (exact) mass is 621 g/mol. The Morgan fingerprint density at radius 3 is 2.56 bits per heavy atom. The second-order valence-electron chi connectivity index (χ2n) is 11.6. The average Bonchev–Trinajstić information content (AvgIpc) is 3.85. The number of aromatic nitrogens is 7. The Labute approximate surface area is 260 Å². The summed E-state index contributed by atoms with van der Waals surface area (Å²) in [5.74, 6) is 2.02. The number of anilines is 2. The van der Waals surface area contributed by atoms with Gasteiger partial charge in [0.2, 0.25) is 5.95 Å². The summed E-state index contributed by atoms with van der Waals surface area (Å²) >= 11 is 0. The summed E-state index contributed by atoms with van der Waals surface area (Å²) in [5.41, 5.74) is 2.64. The smallest absolute Gasteiger partial charge is 0.293 e. The number of carbonyl (C=O) groups is 2. The number of carbonyl (C=O) groups excluding carboxylic acids is 2. The number of imidazole rings is 2. The maximum Gasteiger partial charge on any atom is 0.293 e.